The van der Waals surface area contributed by atoms with Gasteiger partial charge >= 0.3 is 6.03 Å². The van der Waals surface area contributed by atoms with Gasteiger partial charge in [-0.1, -0.05) is 56.0 Å². The van der Waals surface area contributed by atoms with Crippen molar-refractivity contribution in [2.24, 2.45) is 5.92 Å². The number of amides is 2. The molecule has 0 spiro atoms. The van der Waals surface area contributed by atoms with Gasteiger partial charge in [-0.3, -0.25) is 0 Å². The van der Waals surface area contributed by atoms with Crippen molar-refractivity contribution in [3.05, 3.63) is 35.9 Å². The number of urea groups is 1. The van der Waals surface area contributed by atoms with Crippen molar-refractivity contribution in [2.75, 3.05) is 13.6 Å². The number of carbonyl (C=O) groups excluding carboxylic acids is 1. The van der Waals surface area contributed by atoms with E-state index >= 15 is 0 Å². The third-order valence-corrected chi connectivity index (χ3v) is 4.72. The molecule has 0 saturated heterocycles. The van der Waals surface area contributed by atoms with Crippen molar-refractivity contribution >= 4 is 6.03 Å². The van der Waals surface area contributed by atoms with E-state index in [9.17, 15) is 4.79 Å². The molecular weight excluding hydrogens is 260 g/mol. The van der Waals surface area contributed by atoms with E-state index in [4.69, 9.17) is 0 Å². The van der Waals surface area contributed by atoms with E-state index < -0.39 is 0 Å². The molecule has 1 unspecified atom stereocenters. The predicted octanol–water partition coefficient (Wildman–Crippen LogP) is 4.36. The van der Waals surface area contributed by atoms with Crippen LogP contribution in [-0.2, 0) is 0 Å². The lowest BCUT2D eigenvalue weighted by Crippen LogP contribution is -2.39. The minimum atomic E-state index is 0.0257. The van der Waals surface area contributed by atoms with E-state index in [-0.39, 0.29) is 12.1 Å². The summed E-state index contributed by atoms with van der Waals surface area (Å²) in [5, 5.41) is 3.04. The second kappa shape index (κ2) is 8.06. The maximum atomic E-state index is 12.2. The van der Waals surface area contributed by atoms with Crippen molar-refractivity contribution in [3.8, 4) is 0 Å². The molecule has 1 aliphatic carbocycles. The van der Waals surface area contributed by atoms with Crippen molar-refractivity contribution in [1.29, 1.82) is 0 Å². The number of carbonyl (C=O) groups is 1. The Morgan fingerprint density at radius 3 is 2.62 bits per heavy atom. The molecule has 0 radical (unpaired) electrons. The number of benzene rings is 1. The Morgan fingerprint density at radius 2 is 1.95 bits per heavy atom. The Bertz CT molecular complexity index is 426. The number of nitrogens with zero attached hydrogens (tertiary/aromatic N) is 1. The van der Waals surface area contributed by atoms with Crippen LogP contribution in [0.2, 0.25) is 0 Å². The fraction of sp³-hybridized carbons (Fsp3) is 0.611. The maximum absolute atomic E-state index is 12.2. The van der Waals surface area contributed by atoms with Crippen LogP contribution in [0.3, 0.4) is 0 Å². The Hall–Kier alpha value is -1.51. The molecule has 21 heavy (non-hydrogen) atoms. The van der Waals surface area contributed by atoms with Crippen molar-refractivity contribution < 1.29 is 4.79 Å². The molecule has 0 aromatic heterocycles. The molecule has 1 aromatic carbocycles. The Balaban J connectivity index is 1.69. The number of nitrogens with one attached hydrogen (secondary N) is 1. The summed E-state index contributed by atoms with van der Waals surface area (Å²) in [6, 6.07) is 10.3. The van der Waals surface area contributed by atoms with Gasteiger partial charge in [-0.15, -0.1) is 0 Å². The van der Waals surface area contributed by atoms with E-state index in [1.807, 2.05) is 25.2 Å². The van der Waals surface area contributed by atoms with Gasteiger partial charge in [0.1, 0.15) is 0 Å². The Morgan fingerprint density at radius 1 is 1.29 bits per heavy atom. The van der Waals surface area contributed by atoms with Crippen molar-refractivity contribution in [1.82, 2.24) is 10.2 Å². The standard InChI is InChI=1S/C18H28N2O/c1-15(17-12-4-3-5-13-17)20(2)18(21)19-14-8-11-16-9-6-7-10-16/h3-5,12-13,15-16H,6-11,14H2,1-2H3,(H,19,21). The molecule has 1 N–H and O–H groups in total. The van der Waals surface area contributed by atoms with Crippen LogP contribution in [0.4, 0.5) is 4.79 Å². The summed E-state index contributed by atoms with van der Waals surface area (Å²) in [4.78, 5) is 14.0. The van der Waals surface area contributed by atoms with Gasteiger partial charge in [0.25, 0.3) is 0 Å². The molecule has 0 aliphatic heterocycles. The first-order valence-electron chi connectivity index (χ1n) is 8.24. The van der Waals surface area contributed by atoms with E-state index in [1.165, 1.54) is 37.7 Å². The molecule has 2 rings (SSSR count). The highest BCUT2D eigenvalue weighted by Crippen LogP contribution is 2.28. The molecule has 0 bridgehead atoms. The molecular formula is C18H28N2O. The van der Waals surface area contributed by atoms with Crippen LogP contribution >= 0.6 is 0 Å². The normalized spacial score (nSPS) is 16.7. The second-order valence-electron chi connectivity index (χ2n) is 6.22. The maximum Gasteiger partial charge on any atom is 0.317 e. The lowest BCUT2D eigenvalue weighted by atomic mass is 10.0. The van der Waals surface area contributed by atoms with Gasteiger partial charge in [-0.2, -0.15) is 0 Å². The summed E-state index contributed by atoms with van der Waals surface area (Å²) in [5.74, 6) is 0.905. The molecule has 0 heterocycles. The minimum Gasteiger partial charge on any atom is -0.338 e. The topological polar surface area (TPSA) is 32.3 Å². The quantitative estimate of drug-likeness (QED) is 0.775. The molecule has 116 valence electrons. The first kappa shape index (κ1) is 15.9. The highest BCUT2D eigenvalue weighted by molar-refractivity contribution is 5.74. The van der Waals surface area contributed by atoms with Crippen LogP contribution in [0.15, 0.2) is 30.3 Å². The summed E-state index contributed by atoms with van der Waals surface area (Å²) in [5.41, 5.74) is 1.17. The van der Waals surface area contributed by atoms with Crippen LogP contribution < -0.4 is 5.32 Å². The van der Waals surface area contributed by atoms with Gasteiger partial charge in [0.2, 0.25) is 0 Å². The molecule has 2 amide bonds. The lowest BCUT2D eigenvalue weighted by Gasteiger charge is -2.25. The second-order valence-corrected chi connectivity index (χ2v) is 6.22. The van der Waals surface area contributed by atoms with Gasteiger partial charge in [0.05, 0.1) is 6.04 Å². The van der Waals surface area contributed by atoms with E-state index in [0.29, 0.717) is 0 Å². The molecule has 1 atom stereocenters. The molecule has 1 aliphatic rings. The average Bonchev–Trinajstić information content (AvgIpc) is 3.04. The number of hydrogen-bond donors (Lipinski definition) is 1. The first-order valence-corrected chi connectivity index (χ1v) is 8.24. The third kappa shape index (κ3) is 4.76. The summed E-state index contributed by atoms with van der Waals surface area (Å²) in [6.07, 6.45) is 7.93. The number of hydrogen-bond acceptors (Lipinski definition) is 1. The van der Waals surface area contributed by atoms with Crippen LogP contribution in [0.25, 0.3) is 0 Å². The van der Waals surface area contributed by atoms with Crippen LogP contribution in [0.1, 0.15) is 57.1 Å². The zero-order chi connectivity index (χ0) is 15.1. The van der Waals surface area contributed by atoms with Crippen molar-refractivity contribution in [2.45, 2.75) is 51.5 Å². The van der Waals surface area contributed by atoms with Gasteiger partial charge in [0, 0.05) is 13.6 Å². The van der Waals surface area contributed by atoms with Gasteiger partial charge in [-0.25, -0.2) is 4.79 Å². The molecule has 1 saturated carbocycles. The van der Waals surface area contributed by atoms with Crippen LogP contribution in [-0.4, -0.2) is 24.5 Å². The van der Waals surface area contributed by atoms with Gasteiger partial charge in [-0.05, 0) is 31.2 Å². The van der Waals surface area contributed by atoms with Crippen molar-refractivity contribution in [3.63, 3.8) is 0 Å². The zero-order valence-electron chi connectivity index (χ0n) is 13.3. The minimum absolute atomic E-state index is 0.0257. The Labute approximate surface area is 128 Å². The van der Waals surface area contributed by atoms with Crippen LogP contribution in [0.5, 0.6) is 0 Å². The monoisotopic (exact) mass is 288 g/mol. The lowest BCUT2D eigenvalue weighted by molar-refractivity contribution is 0.194. The smallest absolute Gasteiger partial charge is 0.317 e. The zero-order valence-corrected chi connectivity index (χ0v) is 13.3. The fourth-order valence-corrected chi connectivity index (χ4v) is 3.14. The highest BCUT2D eigenvalue weighted by atomic mass is 16.2. The van der Waals surface area contributed by atoms with E-state index in [0.717, 1.165) is 18.9 Å². The van der Waals surface area contributed by atoms with Gasteiger partial charge in [0.15, 0.2) is 0 Å². The SMILES string of the molecule is CC(c1ccccc1)N(C)C(=O)NCCCC1CCCC1. The molecule has 1 aromatic rings. The fourth-order valence-electron chi connectivity index (χ4n) is 3.14. The third-order valence-electron chi connectivity index (χ3n) is 4.72. The number of rotatable bonds is 6. The summed E-state index contributed by atoms with van der Waals surface area (Å²) in [7, 11) is 1.87. The van der Waals surface area contributed by atoms with Crippen LogP contribution in [0, 0.1) is 5.92 Å². The molecule has 3 heteroatoms. The molecule has 1 fully saturated rings. The van der Waals surface area contributed by atoms with E-state index in [1.54, 1.807) is 4.90 Å². The highest BCUT2D eigenvalue weighted by Gasteiger charge is 2.17. The predicted molar refractivity (Wildman–Crippen MR) is 87.2 cm³/mol. The van der Waals surface area contributed by atoms with Gasteiger partial charge < -0.3 is 10.2 Å². The molecule has 3 nitrogen and oxygen atoms in total. The summed E-state index contributed by atoms with van der Waals surface area (Å²) >= 11 is 0. The largest absolute Gasteiger partial charge is 0.338 e. The average molecular weight is 288 g/mol. The summed E-state index contributed by atoms with van der Waals surface area (Å²) < 4.78 is 0. The van der Waals surface area contributed by atoms with E-state index in [2.05, 4.69) is 24.4 Å². The first-order chi connectivity index (χ1) is 10.2. The Kier molecular flexibility index (Phi) is 6.09. The summed E-state index contributed by atoms with van der Waals surface area (Å²) in [6.45, 7) is 2.86.